The van der Waals surface area contributed by atoms with Gasteiger partial charge in [0.05, 0.1) is 24.2 Å². The third-order valence-electron chi connectivity index (χ3n) is 10.8. The Morgan fingerprint density at radius 1 is 1.18 bits per heavy atom. The number of anilines is 1. The molecule has 264 valence electrons. The summed E-state index contributed by atoms with van der Waals surface area (Å²) in [6.07, 6.45) is 13.8. The third-order valence-corrected chi connectivity index (χ3v) is 12.9. The Kier molecular flexibility index (Phi) is 10.3. The van der Waals surface area contributed by atoms with Crippen LogP contribution in [0.1, 0.15) is 72.1 Å². The van der Waals surface area contributed by atoms with Gasteiger partial charge in [0.2, 0.25) is 5.91 Å². The summed E-state index contributed by atoms with van der Waals surface area (Å²) in [6.45, 7) is 2.02. The highest BCUT2D eigenvalue weighted by Crippen LogP contribution is 2.47. The first kappa shape index (κ1) is 34.6. The Morgan fingerprint density at radius 3 is 2.88 bits per heavy atom. The Balaban J connectivity index is 1.24. The van der Waals surface area contributed by atoms with E-state index in [1.54, 1.807) is 25.4 Å². The number of allylic oxidation sites excluding steroid dienone is 1. The second-order valence-corrected chi connectivity index (χ2v) is 16.5. The zero-order chi connectivity index (χ0) is 34.7. The van der Waals surface area contributed by atoms with E-state index in [4.69, 9.17) is 21.1 Å². The zero-order valence-electron chi connectivity index (χ0n) is 28.4. The largest absolute Gasteiger partial charge is 0.490 e. The fourth-order valence-corrected chi connectivity index (χ4v) is 9.87. The Morgan fingerprint density at radius 2 is 2.08 bits per heavy atom. The van der Waals surface area contributed by atoms with Crippen LogP contribution in [0.2, 0.25) is 5.02 Å². The molecule has 50 heavy (non-hydrogen) atoms. The van der Waals surface area contributed by atoms with Gasteiger partial charge in [-0.2, -0.15) is 0 Å². The summed E-state index contributed by atoms with van der Waals surface area (Å²) < 4.78 is 33.7. The van der Waals surface area contributed by atoms with E-state index >= 15 is 0 Å². The molecule has 2 amide bonds. The maximum atomic E-state index is 14.2. The lowest BCUT2D eigenvalue weighted by molar-refractivity contribution is -0.119. The molecule has 12 heteroatoms. The fraction of sp³-hybridized carbons (Fsp3) is 0.474. The first-order valence-corrected chi connectivity index (χ1v) is 19.7. The van der Waals surface area contributed by atoms with Crippen molar-refractivity contribution >= 4 is 39.0 Å². The summed E-state index contributed by atoms with van der Waals surface area (Å²) in [5, 5.41) is 0.741. The number of hydrogen-bond donors (Lipinski definition) is 1. The van der Waals surface area contributed by atoms with Gasteiger partial charge in [-0.25, -0.2) is 14.2 Å². The van der Waals surface area contributed by atoms with Crippen LogP contribution in [-0.2, 0) is 37.7 Å². The highest BCUT2D eigenvalue weighted by molar-refractivity contribution is 7.92. The molecule has 7 rings (SSSR count). The van der Waals surface area contributed by atoms with Crippen molar-refractivity contribution in [3.8, 4) is 5.75 Å². The van der Waals surface area contributed by atoms with E-state index in [-0.39, 0.29) is 23.7 Å². The van der Waals surface area contributed by atoms with Gasteiger partial charge in [0.1, 0.15) is 22.0 Å². The van der Waals surface area contributed by atoms with Crippen LogP contribution in [0.4, 0.5) is 5.69 Å². The lowest BCUT2D eigenvalue weighted by Crippen LogP contribution is -2.49. The number of aromatic nitrogens is 2. The van der Waals surface area contributed by atoms with Gasteiger partial charge in [0.15, 0.2) is 0 Å². The van der Waals surface area contributed by atoms with Crippen molar-refractivity contribution in [2.75, 3.05) is 37.5 Å². The molecule has 2 bridgehead atoms. The predicted octanol–water partition coefficient (Wildman–Crippen LogP) is 6.27. The number of carbonyl (C=O) groups is 2. The normalized spacial score (nSPS) is 28.6. The molecule has 1 N–H and O–H groups in total. The maximum Gasteiger partial charge on any atom is 0.286 e. The van der Waals surface area contributed by atoms with Gasteiger partial charge in [0.25, 0.3) is 5.91 Å². The van der Waals surface area contributed by atoms with Gasteiger partial charge in [-0.1, -0.05) is 29.8 Å². The number of hydrogen-bond acceptors (Lipinski definition) is 8. The van der Waals surface area contributed by atoms with Gasteiger partial charge in [-0.15, -0.1) is 4.36 Å². The number of ether oxygens (including phenoxy) is 2. The van der Waals surface area contributed by atoms with Crippen LogP contribution in [0.25, 0.3) is 0 Å². The smallest absolute Gasteiger partial charge is 0.286 e. The molecule has 1 fully saturated rings. The van der Waals surface area contributed by atoms with Crippen LogP contribution >= 0.6 is 11.6 Å². The van der Waals surface area contributed by atoms with Crippen LogP contribution < -0.4 is 14.4 Å². The zero-order valence-corrected chi connectivity index (χ0v) is 30.0. The van der Waals surface area contributed by atoms with Gasteiger partial charge in [-0.05, 0) is 111 Å². The van der Waals surface area contributed by atoms with E-state index in [1.807, 2.05) is 18.2 Å². The summed E-state index contributed by atoms with van der Waals surface area (Å²) >= 11 is 6.45. The molecule has 3 heterocycles. The van der Waals surface area contributed by atoms with E-state index in [0.29, 0.717) is 54.7 Å². The van der Waals surface area contributed by atoms with Crippen molar-refractivity contribution in [2.45, 2.75) is 69.3 Å². The molecular weight excluding hydrogens is 674 g/mol. The highest BCUT2D eigenvalue weighted by atomic mass is 35.5. The Hall–Kier alpha value is -3.80. The first-order chi connectivity index (χ1) is 24.2. The van der Waals surface area contributed by atoms with Crippen molar-refractivity contribution in [3.63, 3.8) is 0 Å². The molecule has 1 aromatic heterocycles. The van der Waals surface area contributed by atoms with Gasteiger partial charge < -0.3 is 14.4 Å². The van der Waals surface area contributed by atoms with E-state index in [1.165, 1.54) is 17.5 Å². The number of carbonyl (C=O) groups excluding carboxylic acids is 2. The number of nitrogens with one attached hydrogen (secondary N) is 1. The molecule has 1 spiro atoms. The first-order valence-electron chi connectivity index (χ1n) is 17.6. The second-order valence-electron chi connectivity index (χ2n) is 14.0. The van der Waals surface area contributed by atoms with E-state index in [9.17, 15) is 13.8 Å². The van der Waals surface area contributed by atoms with E-state index in [2.05, 4.69) is 48.2 Å². The van der Waals surface area contributed by atoms with Gasteiger partial charge in [-0.3, -0.25) is 14.3 Å². The minimum atomic E-state index is -3.43. The monoisotopic (exact) mass is 717 g/mol. The van der Waals surface area contributed by atoms with E-state index < -0.39 is 21.7 Å². The van der Waals surface area contributed by atoms with E-state index in [0.717, 1.165) is 55.9 Å². The SMILES string of the molecule is CO[C@H]1/C=C/CCCS(=O)(NC(=O)CCc2ccncn2)=NC(=O)c2ccc3c(c2)N(C[C@@H]2CC[C@H]21)C[C@@]1(CCCc2cc(Cl)ccc21)CO3. The number of rotatable bonds is 5. The molecular formula is C38H44ClN5O5S. The fourth-order valence-electron chi connectivity index (χ4n) is 8.05. The number of nitrogens with zero attached hydrogens (tertiary/aromatic N) is 4. The van der Waals surface area contributed by atoms with Crippen LogP contribution in [0.3, 0.4) is 0 Å². The van der Waals surface area contributed by atoms with Crippen molar-refractivity contribution in [3.05, 3.63) is 94.5 Å². The van der Waals surface area contributed by atoms with Crippen molar-refractivity contribution < 1.29 is 23.3 Å². The maximum absolute atomic E-state index is 14.2. The van der Waals surface area contributed by atoms with Crippen LogP contribution in [-0.4, -0.2) is 64.7 Å². The topological polar surface area (TPSA) is 123 Å². The molecule has 10 nitrogen and oxygen atoms in total. The predicted molar refractivity (Wildman–Crippen MR) is 194 cm³/mol. The number of amides is 2. The molecule has 4 aliphatic rings. The highest BCUT2D eigenvalue weighted by Gasteiger charge is 2.44. The van der Waals surface area contributed by atoms with Gasteiger partial charge >= 0.3 is 0 Å². The molecule has 2 aliphatic heterocycles. The van der Waals surface area contributed by atoms with Crippen LogP contribution in [0.5, 0.6) is 5.75 Å². The molecule has 0 radical (unpaired) electrons. The molecule has 5 atom stereocenters. The Labute approximate surface area is 299 Å². The summed E-state index contributed by atoms with van der Waals surface area (Å²) in [5.74, 6) is 0.412. The quantitative estimate of drug-likeness (QED) is 0.307. The standard InChI is InChI=1S/C38H44ClN5O5S/c1-48-34-7-3-2-4-19-50(47,42-36(45)15-11-30-16-18-40-25-41-30)43-37(46)27-9-14-35-33(21-27)44(22-28-8-12-31(28)34)23-38(24-49-35)17-5-6-26-20-29(39)10-13-32(26)38/h3,7,9-10,13-14,16,18,20-21,25,28,31,34H,2,4-6,8,11-12,15,17,19,22-24H2,1H3,(H,42,43,45,46,47)/b7-3+/t28-,31+,34-,38-,50?/m0/s1. The average Bonchev–Trinajstić information content (AvgIpc) is 3.25. The lowest BCUT2D eigenvalue weighted by Gasteiger charge is -2.46. The average molecular weight is 718 g/mol. The molecule has 3 aromatic rings. The van der Waals surface area contributed by atoms with Crippen molar-refractivity contribution in [1.29, 1.82) is 0 Å². The number of halogens is 1. The minimum absolute atomic E-state index is 0.0398. The van der Waals surface area contributed by atoms with Crippen LogP contribution in [0.15, 0.2) is 71.5 Å². The number of benzene rings is 2. The van der Waals surface area contributed by atoms with Crippen molar-refractivity contribution in [2.24, 2.45) is 16.2 Å². The molecule has 1 unspecified atom stereocenters. The number of methoxy groups -OCH3 is 1. The summed E-state index contributed by atoms with van der Waals surface area (Å²) in [7, 11) is -1.66. The third kappa shape index (κ3) is 7.45. The lowest BCUT2D eigenvalue weighted by atomic mass is 9.68. The number of aryl methyl sites for hydroxylation is 2. The summed E-state index contributed by atoms with van der Waals surface area (Å²) in [4.78, 5) is 37.4. The van der Waals surface area contributed by atoms with Crippen LogP contribution in [0, 0.1) is 11.8 Å². The molecule has 0 saturated heterocycles. The van der Waals surface area contributed by atoms with Gasteiger partial charge in [0, 0.05) is 54.5 Å². The second kappa shape index (κ2) is 14.8. The minimum Gasteiger partial charge on any atom is -0.490 e. The molecule has 1 saturated carbocycles. The molecule has 2 aliphatic carbocycles. The number of fused-ring (bicyclic) bond motifs is 4. The summed E-state index contributed by atoms with van der Waals surface area (Å²) in [5.41, 5.74) is 4.11. The Bertz CT molecular complexity index is 1900. The summed E-state index contributed by atoms with van der Waals surface area (Å²) in [6, 6.07) is 13.3. The van der Waals surface area contributed by atoms with Crippen molar-refractivity contribution in [1.82, 2.24) is 14.7 Å². The molecule has 2 aromatic carbocycles.